The van der Waals surface area contributed by atoms with Gasteiger partial charge in [0.25, 0.3) is 0 Å². The molecule has 0 atom stereocenters. The largest absolute Gasteiger partial charge is 0.494 e. The van der Waals surface area contributed by atoms with Gasteiger partial charge < -0.3 is 4.74 Å². The maximum Gasteiger partial charge on any atom is 0.114 e. The molecule has 1 aliphatic rings. The molecule has 1 aliphatic heterocycles. The van der Waals surface area contributed by atoms with Crippen LogP contribution >= 0.6 is 0 Å². The third-order valence-electron chi connectivity index (χ3n) is 1.95. The monoisotopic (exact) mass is 166 g/mol. The SMILES string of the molecule is CCC/C=C/C1=CCCCCO1. The van der Waals surface area contributed by atoms with Gasteiger partial charge in [-0.05, 0) is 37.8 Å². The molecule has 0 amide bonds. The highest BCUT2D eigenvalue weighted by molar-refractivity contribution is 5.12. The van der Waals surface area contributed by atoms with Crippen LogP contribution in [0.1, 0.15) is 39.0 Å². The van der Waals surface area contributed by atoms with Crippen molar-refractivity contribution in [1.82, 2.24) is 0 Å². The molecule has 0 bridgehead atoms. The van der Waals surface area contributed by atoms with Crippen LogP contribution in [0.3, 0.4) is 0 Å². The van der Waals surface area contributed by atoms with Gasteiger partial charge in [-0.2, -0.15) is 0 Å². The third kappa shape index (κ3) is 3.61. The van der Waals surface area contributed by atoms with Crippen LogP contribution in [0.5, 0.6) is 0 Å². The van der Waals surface area contributed by atoms with Gasteiger partial charge in [-0.3, -0.25) is 0 Å². The van der Waals surface area contributed by atoms with Crippen LogP contribution in [-0.4, -0.2) is 6.61 Å². The fraction of sp³-hybridized carbons (Fsp3) is 0.636. The molecule has 1 heteroatoms. The average Bonchev–Trinajstić information content (AvgIpc) is 2.33. The Morgan fingerprint density at radius 2 is 2.42 bits per heavy atom. The lowest BCUT2D eigenvalue weighted by molar-refractivity contribution is 0.225. The minimum atomic E-state index is 0.891. The maximum absolute atomic E-state index is 5.52. The Kier molecular flexibility index (Phi) is 4.58. The minimum absolute atomic E-state index is 0.891. The number of rotatable bonds is 3. The molecule has 0 unspecified atom stereocenters. The number of allylic oxidation sites excluding steroid dienone is 3. The van der Waals surface area contributed by atoms with Crippen molar-refractivity contribution in [2.24, 2.45) is 0 Å². The highest BCUT2D eigenvalue weighted by Crippen LogP contribution is 2.11. The molecule has 0 aromatic heterocycles. The van der Waals surface area contributed by atoms with E-state index >= 15 is 0 Å². The molecule has 1 heterocycles. The van der Waals surface area contributed by atoms with E-state index in [0.29, 0.717) is 0 Å². The summed E-state index contributed by atoms with van der Waals surface area (Å²) in [5.41, 5.74) is 0. The molecule has 0 aromatic carbocycles. The van der Waals surface area contributed by atoms with Crippen LogP contribution in [0.15, 0.2) is 24.0 Å². The lowest BCUT2D eigenvalue weighted by Gasteiger charge is -2.01. The maximum atomic E-state index is 5.52. The second-order valence-electron chi connectivity index (χ2n) is 3.14. The molecule has 0 aliphatic carbocycles. The van der Waals surface area contributed by atoms with E-state index in [1.165, 1.54) is 25.7 Å². The van der Waals surface area contributed by atoms with Crippen molar-refractivity contribution < 1.29 is 4.74 Å². The Bertz CT molecular complexity index is 168. The van der Waals surface area contributed by atoms with Crippen molar-refractivity contribution >= 4 is 0 Å². The highest BCUT2D eigenvalue weighted by Gasteiger charge is 1.98. The van der Waals surface area contributed by atoms with E-state index in [0.717, 1.165) is 18.8 Å². The second kappa shape index (κ2) is 5.87. The summed E-state index contributed by atoms with van der Waals surface area (Å²) in [4.78, 5) is 0. The molecule has 1 rings (SSSR count). The Morgan fingerprint density at radius 3 is 3.25 bits per heavy atom. The number of hydrogen-bond donors (Lipinski definition) is 0. The van der Waals surface area contributed by atoms with Crippen molar-refractivity contribution in [1.29, 1.82) is 0 Å². The molecular weight excluding hydrogens is 148 g/mol. The summed E-state index contributed by atoms with van der Waals surface area (Å²) in [6.45, 7) is 3.08. The zero-order valence-electron chi connectivity index (χ0n) is 7.88. The van der Waals surface area contributed by atoms with E-state index in [-0.39, 0.29) is 0 Å². The van der Waals surface area contributed by atoms with Crippen molar-refractivity contribution in [2.75, 3.05) is 6.61 Å². The van der Waals surface area contributed by atoms with Gasteiger partial charge in [-0.25, -0.2) is 0 Å². The van der Waals surface area contributed by atoms with E-state index in [4.69, 9.17) is 4.74 Å². The average molecular weight is 166 g/mol. The molecule has 0 fully saturated rings. The Balaban J connectivity index is 2.33. The van der Waals surface area contributed by atoms with Crippen LogP contribution in [0.4, 0.5) is 0 Å². The van der Waals surface area contributed by atoms with Crippen molar-refractivity contribution in [2.45, 2.75) is 39.0 Å². The van der Waals surface area contributed by atoms with Crippen molar-refractivity contribution in [3.63, 3.8) is 0 Å². The van der Waals surface area contributed by atoms with E-state index in [2.05, 4.69) is 25.2 Å². The van der Waals surface area contributed by atoms with E-state index in [1.807, 2.05) is 0 Å². The Hall–Kier alpha value is -0.720. The summed E-state index contributed by atoms with van der Waals surface area (Å²) >= 11 is 0. The zero-order valence-corrected chi connectivity index (χ0v) is 7.88. The molecular formula is C11H18O. The van der Waals surface area contributed by atoms with Gasteiger partial charge in [0, 0.05) is 0 Å². The van der Waals surface area contributed by atoms with E-state index in [1.54, 1.807) is 0 Å². The predicted octanol–water partition coefficient (Wildman–Crippen LogP) is 3.43. The van der Waals surface area contributed by atoms with Crippen LogP contribution in [0, 0.1) is 0 Å². The molecule has 0 saturated heterocycles. The molecule has 0 spiro atoms. The molecule has 0 saturated carbocycles. The molecule has 0 N–H and O–H groups in total. The summed E-state index contributed by atoms with van der Waals surface area (Å²) in [7, 11) is 0. The number of hydrogen-bond acceptors (Lipinski definition) is 1. The molecule has 0 radical (unpaired) electrons. The van der Waals surface area contributed by atoms with Gasteiger partial charge in [-0.1, -0.05) is 19.4 Å². The second-order valence-corrected chi connectivity index (χ2v) is 3.14. The van der Waals surface area contributed by atoms with Gasteiger partial charge >= 0.3 is 0 Å². The first-order valence-corrected chi connectivity index (χ1v) is 4.93. The van der Waals surface area contributed by atoms with Crippen molar-refractivity contribution in [3.05, 3.63) is 24.0 Å². The summed E-state index contributed by atoms with van der Waals surface area (Å²) in [6.07, 6.45) is 12.5. The summed E-state index contributed by atoms with van der Waals surface area (Å²) in [5, 5.41) is 0. The highest BCUT2D eigenvalue weighted by atomic mass is 16.5. The zero-order chi connectivity index (χ0) is 8.65. The van der Waals surface area contributed by atoms with Crippen LogP contribution in [0.25, 0.3) is 0 Å². The summed E-state index contributed by atoms with van der Waals surface area (Å²) in [5.74, 6) is 1.07. The number of unbranched alkanes of at least 4 members (excludes halogenated alkanes) is 1. The molecule has 0 aromatic rings. The van der Waals surface area contributed by atoms with E-state index < -0.39 is 0 Å². The van der Waals surface area contributed by atoms with Gasteiger partial charge in [0.1, 0.15) is 5.76 Å². The smallest absolute Gasteiger partial charge is 0.114 e. The topological polar surface area (TPSA) is 9.23 Å². The lowest BCUT2D eigenvalue weighted by Crippen LogP contribution is -1.88. The van der Waals surface area contributed by atoms with Crippen LogP contribution in [-0.2, 0) is 4.74 Å². The minimum Gasteiger partial charge on any atom is -0.494 e. The third-order valence-corrected chi connectivity index (χ3v) is 1.95. The van der Waals surface area contributed by atoms with Gasteiger partial charge in [0.2, 0.25) is 0 Å². The van der Waals surface area contributed by atoms with Gasteiger partial charge in [0.15, 0.2) is 0 Å². The van der Waals surface area contributed by atoms with Gasteiger partial charge in [0.05, 0.1) is 6.61 Å². The normalized spacial score (nSPS) is 18.6. The first-order valence-electron chi connectivity index (χ1n) is 4.93. The Morgan fingerprint density at radius 1 is 1.50 bits per heavy atom. The van der Waals surface area contributed by atoms with E-state index in [9.17, 15) is 0 Å². The molecule has 68 valence electrons. The van der Waals surface area contributed by atoms with Gasteiger partial charge in [-0.15, -0.1) is 0 Å². The first-order chi connectivity index (χ1) is 5.93. The fourth-order valence-corrected chi connectivity index (χ4v) is 1.22. The van der Waals surface area contributed by atoms with Crippen LogP contribution in [0.2, 0.25) is 0 Å². The molecule has 1 nitrogen and oxygen atoms in total. The number of ether oxygens (including phenoxy) is 1. The first kappa shape index (κ1) is 9.37. The Labute approximate surface area is 75.1 Å². The standard InChI is InChI=1S/C11H18O/c1-2-3-5-8-11-9-6-4-7-10-12-11/h5,8-9H,2-4,6-7,10H2,1H3/b8-5+. The predicted molar refractivity (Wildman–Crippen MR) is 51.9 cm³/mol. The molecule has 12 heavy (non-hydrogen) atoms. The quantitative estimate of drug-likeness (QED) is 0.624. The van der Waals surface area contributed by atoms with Crippen LogP contribution < -0.4 is 0 Å². The summed E-state index contributed by atoms with van der Waals surface area (Å²) in [6, 6.07) is 0. The fourth-order valence-electron chi connectivity index (χ4n) is 1.22. The lowest BCUT2D eigenvalue weighted by atomic mass is 10.2. The summed E-state index contributed by atoms with van der Waals surface area (Å²) < 4.78 is 5.52. The van der Waals surface area contributed by atoms with Crippen molar-refractivity contribution in [3.8, 4) is 0 Å².